The first-order valence-electron chi connectivity index (χ1n) is 5.22. The molecule has 3 nitrogen and oxygen atoms in total. The molecular formula is C14H8N2O. The van der Waals surface area contributed by atoms with Crippen LogP contribution in [0.1, 0.15) is 11.3 Å². The molecule has 3 heteroatoms. The van der Waals surface area contributed by atoms with Gasteiger partial charge in [-0.1, -0.05) is 12.1 Å². The van der Waals surface area contributed by atoms with Crippen LogP contribution in [-0.4, -0.2) is 4.98 Å². The van der Waals surface area contributed by atoms with Gasteiger partial charge >= 0.3 is 0 Å². The van der Waals surface area contributed by atoms with E-state index in [1.807, 2.05) is 36.4 Å². The number of allylic oxidation sites excluding steroid dienone is 1. The number of nitriles is 1. The van der Waals surface area contributed by atoms with E-state index in [-0.39, 0.29) is 0 Å². The van der Waals surface area contributed by atoms with Crippen molar-refractivity contribution in [3.63, 3.8) is 0 Å². The Balaban J connectivity index is 2.29. The van der Waals surface area contributed by atoms with Crippen molar-refractivity contribution in [1.82, 2.24) is 4.98 Å². The zero-order chi connectivity index (χ0) is 11.7. The largest absolute Gasteiger partial charge is 0.454 e. The fourth-order valence-corrected chi connectivity index (χ4v) is 1.80. The molecule has 0 saturated carbocycles. The standard InChI is InChI=1S/C14H8N2O/c15-9-10-8-12-14(6-3-7-16-12)17-13-5-2-1-4-11(10)13/h1-8H. The topological polar surface area (TPSA) is 45.9 Å². The second-order valence-electron chi connectivity index (χ2n) is 3.65. The van der Waals surface area contributed by atoms with E-state index in [0.717, 1.165) is 5.56 Å². The molecule has 0 atom stereocenters. The monoisotopic (exact) mass is 220 g/mol. The number of pyridine rings is 1. The van der Waals surface area contributed by atoms with Crippen molar-refractivity contribution in [3.05, 3.63) is 53.9 Å². The van der Waals surface area contributed by atoms with Gasteiger partial charge in [-0.05, 0) is 30.3 Å². The molecule has 80 valence electrons. The van der Waals surface area contributed by atoms with E-state index in [4.69, 9.17) is 4.74 Å². The Morgan fingerprint density at radius 2 is 1.88 bits per heavy atom. The summed E-state index contributed by atoms with van der Waals surface area (Å²) in [5.74, 6) is 1.36. The fourth-order valence-electron chi connectivity index (χ4n) is 1.80. The van der Waals surface area contributed by atoms with E-state index >= 15 is 0 Å². The molecule has 1 aromatic heterocycles. The third-order valence-corrected chi connectivity index (χ3v) is 2.60. The van der Waals surface area contributed by atoms with E-state index in [9.17, 15) is 5.26 Å². The molecule has 1 aliphatic rings. The van der Waals surface area contributed by atoms with Crippen LogP contribution in [-0.2, 0) is 0 Å². The lowest BCUT2D eigenvalue weighted by Crippen LogP contribution is -1.88. The Hall–Kier alpha value is -2.60. The van der Waals surface area contributed by atoms with Gasteiger partial charge in [0.25, 0.3) is 0 Å². The molecule has 0 spiro atoms. The van der Waals surface area contributed by atoms with Crippen LogP contribution in [0.3, 0.4) is 0 Å². The molecule has 1 aliphatic heterocycles. The number of hydrogen-bond donors (Lipinski definition) is 0. The van der Waals surface area contributed by atoms with E-state index in [0.29, 0.717) is 22.8 Å². The summed E-state index contributed by atoms with van der Waals surface area (Å²) in [7, 11) is 0. The molecule has 0 amide bonds. The third kappa shape index (κ3) is 1.56. The second kappa shape index (κ2) is 3.76. The molecule has 1 aromatic carbocycles. The summed E-state index contributed by atoms with van der Waals surface area (Å²) in [5.41, 5.74) is 2.05. The first-order valence-corrected chi connectivity index (χ1v) is 5.22. The van der Waals surface area contributed by atoms with Gasteiger partial charge in [-0.15, -0.1) is 0 Å². The lowest BCUT2D eigenvalue weighted by atomic mass is 10.1. The lowest BCUT2D eigenvalue weighted by Gasteiger charge is -2.07. The molecule has 3 rings (SSSR count). The van der Waals surface area contributed by atoms with E-state index in [2.05, 4.69) is 11.1 Å². The Bertz CT molecular complexity index is 653. The summed E-state index contributed by atoms with van der Waals surface area (Å²) < 4.78 is 5.77. The van der Waals surface area contributed by atoms with Crippen LogP contribution in [0.25, 0.3) is 11.6 Å². The minimum Gasteiger partial charge on any atom is -0.454 e. The highest BCUT2D eigenvalue weighted by atomic mass is 16.5. The average Bonchev–Trinajstić information content (AvgIpc) is 2.54. The van der Waals surface area contributed by atoms with Gasteiger partial charge in [-0.2, -0.15) is 5.26 Å². The number of fused-ring (bicyclic) bond motifs is 2. The minimum absolute atomic E-state index is 0.568. The van der Waals surface area contributed by atoms with Gasteiger partial charge in [-0.3, -0.25) is 4.98 Å². The van der Waals surface area contributed by atoms with Crippen LogP contribution in [0.4, 0.5) is 0 Å². The average molecular weight is 220 g/mol. The van der Waals surface area contributed by atoms with Crippen LogP contribution < -0.4 is 4.74 Å². The van der Waals surface area contributed by atoms with Gasteiger partial charge in [0.1, 0.15) is 11.4 Å². The summed E-state index contributed by atoms with van der Waals surface area (Å²) in [5, 5.41) is 9.19. The van der Waals surface area contributed by atoms with Crippen molar-refractivity contribution in [2.45, 2.75) is 0 Å². The number of benzene rings is 1. The van der Waals surface area contributed by atoms with Crippen molar-refractivity contribution in [2.24, 2.45) is 0 Å². The van der Waals surface area contributed by atoms with Crippen molar-refractivity contribution < 1.29 is 4.74 Å². The maximum absolute atomic E-state index is 9.19. The number of nitrogens with zero attached hydrogens (tertiary/aromatic N) is 2. The number of aromatic nitrogens is 1. The van der Waals surface area contributed by atoms with Crippen LogP contribution in [0.2, 0.25) is 0 Å². The Morgan fingerprint density at radius 1 is 1.06 bits per heavy atom. The van der Waals surface area contributed by atoms with Gasteiger partial charge in [0.15, 0.2) is 5.75 Å². The van der Waals surface area contributed by atoms with E-state index in [1.54, 1.807) is 12.3 Å². The van der Waals surface area contributed by atoms with Gasteiger partial charge in [-0.25, -0.2) is 0 Å². The highest BCUT2D eigenvalue weighted by molar-refractivity contribution is 5.93. The summed E-state index contributed by atoms with van der Waals surface area (Å²) in [6, 6.07) is 13.3. The Morgan fingerprint density at radius 3 is 2.76 bits per heavy atom. The third-order valence-electron chi connectivity index (χ3n) is 2.60. The normalized spacial score (nSPS) is 12.3. The zero-order valence-electron chi connectivity index (χ0n) is 8.92. The molecule has 2 aromatic rings. The summed E-state index contributed by atoms with van der Waals surface area (Å²) in [4.78, 5) is 4.21. The van der Waals surface area contributed by atoms with Crippen molar-refractivity contribution in [1.29, 1.82) is 5.26 Å². The molecule has 0 fully saturated rings. The van der Waals surface area contributed by atoms with Gasteiger partial charge < -0.3 is 4.74 Å². The predicted octanol–water partition coefficient (Wildman–Crippen LogP) is 3.25. The number of hydrogen-bond acceptors (Lipinski definition) is 3. The van der Waals surface area contributed by atoms with Crippen LogP contribution >= 0.6 is 0 Å². The molecule has 0 radical (unpaired) electrons. The Kier molecular flexibility index (Phi) is 2.13. The van der Waals surface area contributed by atoms with E-state index < -0.39 is 0 Å². The van der Waals surface area contributed by atoms with Crippen molar-refractivity contribution in [3.8, 4) is 17.6 Å². The van der Waals surface area contributed by atoms with Crippen molar-refractivity contribution >= 4 is 11.6 Å². The predicted molar refractivity (Wildman–Crippen MR) is 64.2 cm³/mol. The maximum atomic E-state index is 9.19. The van der Waals surface area contributed by atoms with Gasteiger partial charge in [0, 0.05) is 11.8 Å². The first kappa shape index (κ1) is 9.61. The quantitative estimate of drug-likeness (QED) is 0.684. The first-order chi connectivity index (χ1) is 8.38. The van der Waals surface area contributed by atoms with Gasteiger partial charge in [0.05, 0.1) is 11.6 Å². The van der Waals surface area contributed by atoms with Gasteiger partial charge in [0.2, 0.25) is 0 Å². The molecule has 0 saturated heterocycles. The highest BCUT2D eigenvalue weighted by Crippen LogP contribution is 2.36. The second-order valence-corrected chi connectivity index (χ2v) is 3.65. The summed E-state index contributed by atoms with van der Waals surface area (Å²) in [6.45, 7) is 0. The molecule has 2 heterocycles. The number of para-hydroxylation sites is 1. The molecular weight excluding hydrogens is 212 g/mol. The molecule has 0 bridgehead atoms. The Labute approximate surface area is 98.6 Å². The number of rotatable bonds is 0. The lowest BCUT2D eigenvalue weighted by molar-refractivity contribution is 0.479. The van der Waals surface area contributed by atoms with E-state index in [1.165, 1.54) is 0 Å². The van der Waals surface area contributed by atoms with Crippen LogP contribution in [0, 0.1) is 11.3 Å². The smallest absolute Gasteiger partial charge is 0.153 e. The summed E-state index contributed by atoms with van der Waals surface area (Å²) >= 11 is 0. The van der Waals surface area contributed by atoms with Crippen molar-refractivity contribution in [2.75, 3.05) is 0 Å². The molecule has 17 heavy (non-hydrogen) atoms. The zero-order valence-corrected chi connectivity index (χ0v) is 8.92. The highest BCUT2D eigenvalue weighted by Gasteiger charge is 2.16. The minimum atomic E-state index is 0.568. The van der Waals surface area contributed by atoms with Crippen LogP contribution in [0.5, 0.6) is 11.5 Å². The SMILES string of the molecule is N#CC1=Cc2ncccc2Oc2ccccc21. The fraction of sp³-hybridized carbons (Fsp3) is 0. The molecule has 0 aliphatic carbocycles. The number of ether oxygens (including phenoxy) is 1. The summed E-state index contributed by atoms with van der Waals surface area (Å²) in [6.07, 6.45) is 3.44. The van der Waals surface area contributed by atoms with Crippen LogP contribution in [0.15, 0.2) is 42.6 Å². The molecule has 0 N–H and O–H groups in total. The maximum Gasteiger partial charge on any atom is 0.153 e. The molecule has 0 unspecified atom stereocenters.